The van der Waals surface area contributed by atoms with Crippen molar-refractivity contribution in [2.45, 2.75) is 39.3 Å². The molecule has 0 fully saturated rings. The third kappa shape index (κ3) is 7.54. The summed E-state index contributed by atoms with van der Waals surface area (Å²) >= 11 is 0. The monoisotopic (exact) mass is 306 g/mol. The molecule has 0 amide bonds. The topological polar surface area (TPSA) is 71.1 Å². The van der Waals surface area contributed by atoms with Gasteiger partial charge in [-0.25, -0.2) is 4.79 Å². The lowest BCUT2D eigenvalue weighted by Gasteiger charge is -2.30. The fourth-order valence-corrected chi connectivity index (χ4v) is 3.29. The Bertz CT molecular complexity index is 293. The lowest BCUT2D eigenvalue weighted by molar-refractivity contribution is -0.142. The van der Waals surface area contributed by atoms with Crippen LogP contribution in [0, 0.1) is 0 Å². The summed E-state index contributed by atoms with van der Waals surface area (Å²) in [6.45, 7) is 8.62. The SMILES string of the molecule is C=CC(=O)OC(CC)[Si](OC)(OC)OC.CCC(C)=O. The molecular formula is C13H26O6Si. The van der Waals surface area contributed by atoms with Gasteiger partial charge in [0.05, 0.1) is 0 Å². The second-order valence-corrected chi connectivity index (χ2v) is 6.89. The molecule has 0 aromatic carbocycles. The van der Waals surface area contributed by atoms with Crippen molar-refractivity contribution < 1.29 is 27.6 Å². The van der Waals surface area contributed by atoms with Gasteiger partial charge >= 0.3 is 14.8 Å². The van der Waals surface area contributed by atoms with Crippen molar-refractivity contribution in [3.8, 4) is 0 Å². The van der Waals surface area contributed by atoms with E-state index in [0.29, 0.717) is 12.8 Å². The molecule has 0 aromatic rings. The summed E-state index contributed by atoms with van der Waals surface area (Å²) in [5, 5.41) is 0. The lowest BCUT2D eigenvalue weighted by atomic mass is 10.4. The van der Waals surface area contributed by atoms with Gasteiger partial charge in [-0.05, 0) is 13.3 Å². The molecule has 0 aliphatic carbocycles. The summed E-state index contributed by atoms with van der Waals surface area (Å²) in [6, 6.07) is 0. The average molecular weight is 306 g/mol. The van der Waals surface area contributed by atoms with Crippen molar-refractivity contribution in [3.05, 3.63) is 12.7 Å². The van der Waals surface area contributed by atoms with E-state index in [0.717, 1.165) is 6.08 Å². The van der Waals surface area contributed by atoms with E-state index in [-0.39, 0.29) is 5.78 Å². The van der Waals surface area contributed by atoms with Crippen LogP contribution in [0.15, 0.2) is 12.7 Å². The summed E-state index contributed by atoms with van der Waals surface area (Å²) in [4.78, 5) is 20.9. The van der Waals surface area contributed by atoms with E-state index in [1.165, 1.54) is 21.3 Å². The van der Waals surface area contributed by atoms with Crippen molar-refractivity contribution in [2.24, 2.45) is 0 Å². The number of esters is 1. The highest BCUT2D eigenvalue weighted by molar-refractivity contribution is 6.62. The highest BCUT2D eigenvalue weighted by Gasteiger charge is 2.49. The van der Waals surface area contributed by atoms with Crippen molar-refractivity contribution in [2.75, 3.05) is 21.3 Å². The van der Waals surface area contributed by atoms with E-state index in [9.17, 15) is 9.59 Å². The second-order valence-electron chi connectivity index (χ2n) is 3.81. The highest BCUT2D eigenvalue weighted by atomic mass is 28.4. The Morgan fingerprint density at radius 1 is 1.15 bits per heavy atom. The van der Waals surface area contributed by atoms with Gasteiger partial charge in [0.15, 0.2) is 5.73 Å². The number of hydrogen-bond acceptors (Lipinski definition) is 6. The third-order valence-electron chi connectivity index (χ3n) is 2.54. The van der Waals surface area contributed by atoms with Crippen LogP contribution >= 0.6 is 0 Å². The quantitative estimate of drug-likeness (QED) is 0.387. The molecular weight excluding hydrogens is 280 g/mol. The van der Waals surface area contributed by atoms with Gasteiger partial charge in [-0.15, -0.1) is 0 Å². The molecule has 1 unspecified atom stereocenters. The fraction of sp³-hybridized carbons (Fsp3) is 0.692. The number of ketones is 1. The molecule has 0 rings (SSSR count). The summed E-state index contributed by atoms with van der Waals surface area (Å²) in [5.41, 5.74) is -0.511. The number of carbonyl (C=O) groups is 2. The minimum absolute atomic E-state index is 0.255. The van der Waals surface area contributed by atoms with Crippen molar-refractivity contribution in [1.29, 1.82) is 0 Å². The first kappa shape index (κ1) is 21.3. The van der Waals surface area contributed by atoms with Gasteiger partial charge in [0, 0.05) is 33.8 Å². The molecule has 0 heterocycles. The predicted octanol–water partition coefficient (Wildman–Crippen LogP) is 1.90. The molecule has 0 bridgehead atoms. The van der Waals surface area contributed by atoms with Crippen LogP contribution in [0.5, 0.6) is 0 Å². The summed E-state index contributed by atoms with van der Waals surface area (Å²) in [6.07, 6.45) is 2.32. The van der Waals surface area contributed by atoms with Crippen LogP contribution in [0.4, 0.5) is 0 Å². The Balaban J connectivity index is 0. The largest absolute Gasteiger partial charge is 0.543 e. The van der Waals surface area contributed by atoms with Gasteiger partial charge in [0.2, 0.25) is 0 Å². The van der Waals surface area contributed by atoms with Crippen LogP contribution < -0.4 is 0 Å². The van der Waals surface area contributed by atoms with Gasteiger partial charge < -0.3 is 22.8 Å². The zero-order chi connectivity index (χ0) is 16.2. The van der Waals surface area contributed by atoms with Crippen LogP contribution in [0.2, 0.25) is 0 Å². The van der Waals surface area contributed by atoms with E-state index in [1.54, 1.807) is 6.92 Å². The van der Waals surface area contributed by atoms with E-state index in [1.807, 2.05) is 13.8 Å². The fourth-order valence-electron chi connectivity index (χ4n) is 1.24. The number of Topliss-reactive ketones (excluding diaryl/α,β-unsaturated/α-hetero) is 1. The minimum atomic E-state index is -2.92. The molecule has 0 N–H and O–H groups in total. The molecule has 1 atom stereocenters. The second kappa shape index (κ2) is 11.8. The molecule has 6 nitrogen and oxygen atoms in total. The molecule has 0 saturated carbocycles. The van der Waals surface area contributed by atoms with Gasteiger partial charge in [0.25, 0.3) is 0 Å². The third-order valence-corrected chi connectivity index (χ3v) is 5.56. The van der Waals surface area contributed by atoms with Gasteiger partial charge in [-0.2, -0.15) is 0 Å². The zero-order valence-electron chi connectivity index (χ0n) is 13.2. The maximum absolute atomic E-state index is 11.1. The van der Waals surface area contributed by atoms with E-state index >= 15 is 0 Å². The number of rotatable bonds is 8. The zero-order valence-corrected chi connectivity index (χ0v) is 14.2. The lowest BCUT2D eigenvalue weighted by Crippen LogP contribution is -2.55. The highest BCUT2D eigenvalue weighted by Crippen LogP contribution is 2.18. The molecule has 0 aliphatic rings. The summed E-state index contributed by atoms with van der Waals surface area (Å²) < 4.78 is 20.8. The molecule has 7 heteroatoms. The molecule has 0 saturated heterocycles. The number of hydrogen-bond donors (Lipinski definition) is 0. The predicted molar refractivity (Wildman–Crippen MR) is 78.1 cm³/mol. The molecule has 0 aromatic heterocycles. The van der Waals surface area contributed by atoms with Gasteiger partial charge in [0.1, 0.15) is 5.78 Å². The Morgan fingerprint density at radius 3 is 1.75 bits per heavy atom. The first-order chi connectivity index (χ1) is 9.37. The Labute approximate surface area is 122 Å². The maximum atomic E-state index is 11.1. The molecule has 0 aliphatic heterocycles. The summed E-state index contributed by atoms with van der Waals surface area (Å²) in [7, 11) is 1.51. The number of ether oxygens (including phenoxy) is 1. The Morgan fingerprint density at radius 2 is 1.55 bits per heavy atom. The maximum Gasteiger partial charge on any atom is 0.543 e. The summed E-state index contributed by atoms with van der Waals surface area (Å²) in [5.74, 6) is -0.255. The van der Waals surface area contributed by atoms with E-state index in [4.69, 9.17) is 18.0 Å². The van der Waals surface area contributed by atoms with E-state index < -0.39 is 20.5 Å². The first-order valence-electron chi connectivity index (χ1n) is 6.35. The van der Waals surface area contributed by atoms with Crippen molar-refractivity contribution >= 4 is 20.6 Å². The molecule has 0 spiro atoms. The Hall–Kier alpha value is -1.02. The normalized spacial score (nSPS) is 11.9. The standard InChI is InChI=1S/C9H18O5Si.C4H8O/c1-6-8(10)14-9(7-2)15(11-3,12-4)13-5;1-3-4(2)5/h6,9H,1,7H2,2-5H3;3H2,1-2H3. The van der Waals surface area contributed by atoms with Gasteiger partial charge in [-0.1, -0.05) is 20.4 Å². The average Bonchev–Trinajstić information content (AvgIpc) is 2.48. The number of carbonyl (C=O) groups excluding carboxylic acids is 2. The van der Waals surface area contributed by atoms with Crippen LogP contribution in [-0.4, -0.2) is 47.6 Å². The minimum Gasteiger partial charge on any atom is -0.455 e. The van der Waals surface area contributed by atoms with Crippen molar-refractivity contribution in [3.63, 3.8) is 0 Å². The van der Waals surface area contributed by atoms with Crippen LogP contribution in [-0.2, 0) is 27.6 Å². The molecule has 118 valence electrons. The van der Waals surface area contributed by atoms with Gasteiger partial charge in [-0.3, -0.25) is 0 Å². The Kier molecular flexibility index (Phi) is 12.5. The van der Waals surface area contributed by atoms with Crippen LogP contribution in [0.25, 0.3) is 0 Å². The van der Waals surface area contributed by atoms with Crippen LogP contribution in [0.3, 0.4) is 0 Å². The van der Waals surface area contributed by atoms with E-state index in [2.05, 4.69) is 6.58 Å². The molecule has 20 heavy (non-hydrogen) atoms. The smallest absolute Gasteiger partial charge is 0.455 e. The van der Waals surface area contributed by atoms with Crippen LogP contribution in [0.1, 0.15) is 33.6 Å². The first-order valence-corrected chi connectivity index (χ1v) is 8.15. The molecule has 0 radical (unpaired) electrons. The van der Waals surface area contributed by atoms with Crippen molar-refractivity contribution in [1.82, 2.24) is 0 Å².